The number of hydrogen-bond donors (Lipinski definition) is 2. The van der Waals surface area contributed by atoms with Crippen molar-refractivity contribution in [3.8, 4) is 0 Å². The van der Waals surface area contributed by atoms with E-state index in [2.05, 4.69) is 15.3 Å². The smallest absolute Gasteiger partial charge is 0.270 e. The molecule has 0 saturated heterocycles. The van der Waals surface area contributed by atoms with Crippen molar-refractivity contribution in [3.05, 3.63) is 39.6 Å². The Morgan fingerprint density at radius 1 is 1.44 bits per heavy atom. The first-order valence-corrected chi connectivity index (χ1v) is 6.30. The van der Waals surface area contributed by atoms with E-state index in [1.165, 1.54) is 6.20 Å². The van der Waals surface area contributed by atoms with Crippen molar-refractivity contribution in [1.82, 2.24) is 15.3 Å². The molecule has 0 spiro atoms. The summed E-state index contributed by atoms with van der Waals surface area (Å²) in [5.41, 5.74) is 7.38. The molecular formula is C12H14N4OS. The summed E-state index contributed by atoms with van der Waals surface area (Å²) in [6.07, 6.45) is 1.47. The summed E-state index contributed by atoms with van der Waals surface area (Å²) in [6, 6.07) is 3.26. The highest BCUT2D eigenvalue weighted by molar-refractivity contribution is 7.11. The van der Waals surface area contributed by atoms with Gasteiger partial charge in [-0.3, -0.25) is 4.79 Å². The summed E-state index contributed by atoms with van der Waals surface area (Å²) in [4.78, 5) is 21.2. The molecule has 0 unspecified atom stereocenters. The second-order valence-electron chi connectivity index (χ2n) is 3.90. The molecule has 0 saturated carbocycles. The predicted molar refractivity (Wildman–Crippen MR) is 71.4 cm³/mol. The van der Waals surface area contributed by atoms with Gasteiger partial charge in [0.05, 0.1) is 29.1 Å². The number of nitrogens with zero attached hydrogens (tertiary/aromatic N) is 2. The van der Waals surface area contributed by atoms with Crippen LogP contribution in [0.4, 0.5) is 5.69 Å². The molecule has 0 aliphatic heterocycles. The molecule has 0 atom stereocenters. The van der Waals surface area contributed by atoms with Crippen LogP contribution >= 0.6 is 11.3 Å². The zero-order valence-electron chi connectivity index (χ0n) is 10.2. The Morgan fingerprint density at radius 2 is 2.22 bits per heavy atom. The number of aryl methyl sites for hydroxylation is 2. The van der Waals surface area contributed by atoms with Gasteiger partial charge in [-0.15, -0.1) is 11.3 Å². The highest BCUT2D eigenvalue weighted by Gasteiger charge is 2.09. The van der Waals surface area contributed by atoms with Crippen LogP contribution in [-0.2, 0) is 6.54 Å². The number of aromatic nitrogens is 2. The fraction of sp³-hybridized carbons (Fsp3) is 0.250. The van der Waals surface area contributed by atoms with E-state index >= 15 is 0 Å². The van der Waals surface area contributed by atoms with Gasteiger partial charge in [-0.05, 0) is 26.0 Å². The first-order chi connectivity index (χ1) is 8.56. The summed E-state index contributed by atoms with van der Waals surface area (Å²) in [6.45, 7) is 4.36. The summed E-state index contributed by atoms with van der Waals surface area (Å²) < 4.78 is 0. The van der Waals surface area contributed by atoms with Crippen LogP contribution in [0.1, 0.15) is 26.1 Å². The number of amides is 1. The van der Waals surface area contributed by atoms with Gasteiger partial charge in [-0.25, -0.2) is 9.97 Å². The van der Waals surface area contributed by atoms with Crippen molar-refractivity contribution in [2.75, 3.05) is 5.73 Å². The van der Waals surface area contributed by atoms with E-state index in [1.807, 2.05) is 13.8 Å². The van der Waals surface area contributed by atoms with E-state index in [0.29, 0.717) is 17.9 Å². The summed E-state index contributed by atoms with van der Waals surface area (Å²) in [5, 5.41) is 3.82. The first kappa shape index (κ1) is 12.5. The zero-order valence-corrected chi connectivity index (χ0v) is 11.0. The quantitative estimate of drug-likeness (QED) is 0.881. The minimum atomic E-state index is -0.208. The lowest BCUT2D eigenvalue weighted by Crippen LogP contribution is -2.23. The van der Waals surface area contributed by atoms with Crippen molar-refractivity contribution >= 4 is 22.9 Å². The normalized spacial score (nSPS) is 10.3. The van der Waals surface area contributed by atoms with E-state index in [0.717, 1.165) is 15.6 Å². The number of anilines is 1. The predicted octanol–water partition coefficient (Wildman–Crippen LogP) is 1.67. The van der Waals surface area contributed by atoms with Crippen LogP contribution in [0.5, 0.6) is 0 Å². The lowest BCUT2D eigenvalue weighted by molar-refractivity contribution is 0.0946. The van der Waals surface area contributed by atoms with Crippen LogP contribution in [-0.4, -0.2) is 15.9 Å². The van der Waals surface area contributed by atoms with Gasteiger partial charge < -0.3 is 11.1 Å². The zero-order chi connectivity index (χ0) is 13.1. The molecule has 5 nitrogen and oxygen atoms in total. The molecule has 2 aromatic heterocycles. The van der Waals surface area contributed by atoms with Crippen LogP contribution in [0.2, 0.25) is 0 Å². The van der Waals surface area contributed by atoms with E-state index < -0.39 is 0 Å². The van der Waals surface area contributed by atoms with E-state index in [-0.39, 0.29) is 5.91 Å². The molecule has 1 amide bonds. The highest BCUT2D eigenvalue weighted by Crippen LogP contribution is 2.16. The number of carbonyl (C=O) groups is 1. The molecule has 94 valence electrons. The molecular weight excluding hydrogens is 248 g/mol. The standard InChI is InChI=1S/C12H14N4OS/c1-7-11(18-8(2)16-7)6-15-12(17)10-4-3-9(13)5-14-10/h3-5H,6,13H2,1-2H3,(H,15,17). The van der Waals surface area contributed by atoms with Gasteiger partial charge >= 0.3 is 0 Å². The molecule has 2 aromatic rings. The van der Waals surface area contributed by atoms with E-state index in [1.54, 1.807) is 23.5 Å². The molecule has 18 heavy (non-hydrogen) atoms. The SMILES string of the molecule is Cc1nc(C)c(CNC(=O)c2ccc(N)cn2)s1. The van der Waals surface area contributed by atoms with Gasteiger partial charge in [0.2, 0.25) is 0 Å². The lowest BCUT2D eigenvalue weighted by atomic mass is 10.3. The molecule has 0 aliphatic carbocycles. The Balaban J connectivity index is 2.00. The topological polar surface area (TPSA) is 80.9 Å². The average Bonchev–Trinajstić information content (AvgIpc) is 2.66. The Bertz CT molecular complexity index is 562. The molecule has 0 bridgehead atoms. The Labute approximate surface area is 109 Å². The maximum Gasteiger partial charge on any atom is 0.270 e. The number of nitrogens with one attached hydrogen (secondary N) is 1. The fourth-order valence-corrected chi connectivity index (χ4v) is 2.41. The van der Waals surface area contributed by atoms with Gasteiger partial charge in [-0.1, -0.05) is 0 Å². The molecule has 0 radical (unpaired) electrons. The minimum Gasteiger partial charge on any atom is -0.397 e. The summed E-state index contributed by atoms with van der Waals surface area (Å²) >= 11 is 1.59. The molecule has 0 aliphatic rings. The van der Waals surface area contributed by atoms with Gasteiger partial charge in [-0.2, -0.15) is 0 Å². The number of nitrogen functional groups attached to an aromatic ring is 1. The number of pyridine rings is 1. The number of rotatable bonds is 3. The van der Waals surface area contributed by atoms with Crippen LogP contribution in [0.15, 0.2) is 18.3 Å². The number of hydrogen-bond acceptors (Lipinski definition) is 5. The van der Waals surface area contributed by atoms with Gasteiger partial charge in [0.15, 0.2) is 0 Å². The molecule has 2 rings (SSSR count). The third kappa shape index (κ3) is 2.84. The van der Waals surface area contributed by atoms with Crippen molar-refractivity contribution in [2.24, 2.45) is 0 Å². The minimum absolute atomic E-state index is 0.208. The van der Waals surface area contributed by atoms with Crippen molar-refractivity contribution in [3.63, 3.8) is 0 Å². The van der Waals surface area contributed by atoms with Crippen molar-refractivity contribution in [2.45, 2.75) is 20.4 Å². The molecule has 6 heteroatoms. The van der Waals surface area contributed by atoms with Crippen molar-refractivity contribution in [1.29, 1.82) is 0 Å². The van der Waals surface area contributed by atoms with E-state index in [9.17, 15) is 4.79 Å². The van der Waals surface area contributed by atoms with Crippen LogP contribution in [0.25, 0.3) is 0 Å². The van der Waals surface area contributed by atoms with Crippen molar-refractivity contribution < 1.29 is 4.79 Å². The molecule has 3 N–H and O–H groups in total. The monoisotopic (exact) mass is 262 g/mol. The average molecular weight is 262 g/mol. The van der Waals surface area contributed by atoms with E-state index in [4.69, 9.17) is 5.73 Å². The van der Waals surface area contributed by atoms with Gasteiger partial charge in [0.1, 0.15) is 5.69 Å². The van der Waals surface area contributed by atoms with Gasteiger partial charge in [0.25, 0.3) is 5.91 Å². The maximum atomic E-state index is 11.8. The molecule has 0 fully saturated rings. The highest BCUT2D eigenvalue weighted by atomic mass is 32.1. The molecule has 2 heterocycles. The third-order valence-electron chi connectivity index (χ3n) is 2.43. The first-order valence-electron chi connectivity index (χ1n) is 5.49. The Kier molecular flexibility index (Phi) is 3.57. The van der Waals surface area contributed by atoms with Crippen LogP contribution < -0.4 is 11.1 Å². The lowest BCUT2D eigenvalue weighted by Gasteiger charge is -2.03. The Morgan fingerprint density at radius 3 is 2.78 bits per heavy atom. The number of nitrogens with two attached hydrogens (primary N) is 1. The van der Waals surface area contributed by atoms with Gasteiger partial charge in [0, 0.05) is 4.88 Å². The largest absolute Gasteiger partial charge is 0.397 e. The molecule has 0 aromatic carbocycles. The summed E-state index contributed by atoms with van der Waals surface area (Å²) in [7, 11) is 0. The van der Waals surface area contributed by atoms with Crippen LogP contribution in [0.3, 0.4) is 0 Å². The second-order valence-corrected chi connectivity index (χ2v) is 5.19. The summed E-state index contributed by atoms with van der Waals surface area (Å²) in [5.74, 6) is -0.208. The van der Waals surface area contributed by atoms with Crippen LogP contribution in [0, 0.1) is 13.8 Å². The number of thiazole rings is 1. The maximum absolute atomic E-state index is 11.8. The third-order valence-corrected chi connectivity index (χ3v) is 3.50. The second kappa shape index (κ2) is 5.14. The number of carbonyl (C=O) groups excluding carboxylic acids is 1. The fourth-order valence-electron chi connectivity index (χ4n) is 1.53. The Hall–Kier alpha value is -1.95.